The van der Waals surface area contributed by atoms with Gasteiger partial charge in [0.05, 0.1) is 17.4 Å². The summed E-state index contributed by atoms with van der Waals surface area (Å²) >= 11 is 0. The Balaban J connectivity index is 1.44. The molecule has 1 aliphatic heterocycles. The maximum atomic E-state index is 12.7. The van der Waals surface area contributed by atoms with Crippen LogP contribution in [0.5, 0.6) is 0 Å². The molecule has 1 amide bonds. The van der Waals surface area contributed by atoms with Gasteiger partial charge in [0, 0.05) is 13.1 Å². The second-order valence-electron chi connectivity index (χ2n) is 6.89. The average Bonchev–Trinajstić information content (AvgIpc) is 3.37. The first-order chi connectivity index (χ1) is 13.6. The highest BCUT2D eigenvalue weighted by molar-refractivity contribution is 5.89. The molecule has 0 aliphatic carbocycles. The summed E-state index contributed by atoms with van der Waals surface area (Å²) in [6, 6.07) is 7.17. The monoisotopic (exact) mass is 382 g/mol. The van der Waals surface area contributed by atoms with Crippen LogP contribution in [-0.4, -0.2) is 56.7 Å². The molecule has 9 nitrogen and oxygen atoms in total. The number of carbonyl (C=O) groups is 1. The third-order valence-electron chi connectivity index (χ3n) is 4.93. The largest absolute Gasteiger partial charge is 0.347 e. The fourth-order valence-corrected chi connectivity index (χ4v) is 3.43. The number of rotatable bonds is 6. The van der Waals surface area contributed by atoms with Gasteiger partial charge < -0.3 is 14.7 Å². The molecular formula is C19H22N6O3. The number of para-hydroxylation sites is 1. The fourth-order valence-electron chi connectivity index (χ4n) is 3.43. The van der Waals surface area contributed by atoms with E-state index in [-0.39, 0.29) is 23.8 Å². The number of benzene rings is 1. The molecule has 0 atom stereocenters. The summed E-state index contributed by atoms with van der Waals surface area (Å²) in [5.74, 6) is 0.298. The van der Waals surface area contributed by atoms with E-state index in [9.17, 15) is 9.59 Å². The van der Waals surface area contributed by atoms with E-state index in [0.717, 1.165) is 19.6 Å². The topological polar surface area (TPSA) is 106 Å². The van der Waals surface area contributed by atoms with Crippen LogP contribution in [0.1, 0.15) is 35.2 Å². The van der Waals surface area contributed by atoms with E-state index in [2.05, 4.69) is 25.3 Å². The smallest absolute Gasteiger partial charge is 0.316 e. The maximum absolute atomic E-state index is 12.7. The first kappa shape index (κ1) is 18.3. The summed E-state index contributed by atoms with van der Waals surface area (Å²) in [6.45, 7) is 5.34. The molecule has 4 rings (SSSR count). The summed E-state index contributed by atoms with van der Waals surface area (Å²) in [4.78, 5) is 35.8. The normalized spacial score (nSPS) is 14.6. The molecular weight excluding hydrogens is 360 g/mol. The Bertz CT molecular complexity index is 1050. The van der Waals surface area contributed by atoms with Crippen molar-refractivity contribution in [2.24, 2.45) is 0 Å². The van der Waals surface area contributed by atoms with Gasteiger partial charge in [-0.25, -0.2) is 4.98 Å². The van der Waals surface area contributed by atoms with E-state index in [4.69, 9.17) is 4.52 Å². The van der Waals surface area contributed by atoms with Crippen molar-refractivity contribution in [3.63, 3.8) is 0 Å². The van der Waals surface area contributed by atoms with Crippen LogP contribution in [0, 0.1) is 6.92 Å². The SMILES string of the molecule is Cc1nc2ccccc2c(=O)n1Cc1noc(C(=O)NCCN2CCCC2)n1. The number of nitrogens with zero attached hydrogens (tertiary/aromatic N) is 5. The minimum atomic E-state index is -0.404. The Morgan fingerprint density at radius 2 is 2.00 bits per heavy atom. The van der Waals surface area contributed by atoms with Crippen LogP contribution in [0.4, 0.5) is 0 Å². The molecule has 1 saturated heterocycles. The number of carbonyl (C=O) groups excluding carboxylic acids is 1. The molecule has 0 spiro atoms. The number of hydrogen-bond acceptors (Lipinski definition) is 7. The summed E-state index contributed by atoms with van der Waals surface area (Å²) in [6.07, 6.45) is 2.42. The van der Waals surface area contributed by atoms with Crippen LogP contribution in [-0.2, 0) is 6.54 Å². The zero-order valence-corrected chi connectivity index (χ0v) is 15.7. The second kappa shape index (κ2) is 7.89. The Morgan fingerprint density at radius 3 is 2.82 bits per heavy atom. The van der Waals surface area contributed by atoms with Crippen molar-refractivity contribution in [1.82, 2.24) is 29.9 Å². The van der Waals surface area contributed by atoms with Gasteiger partial charge in [-0.15, -0.1) is 0 Å². The highest BCUT2D eigenvalue weighted by Crippen LogP contribution is 2.09. The van der Waals surface area contributed by atoms with E-state index < -0.39 is 5.91 Å². The molecule has 0 unspecified atom stereocenters. The molecule has 1 N–H and O–H groups in total. The quantitative estimate of drug-likeness (QED) is 0.677. The lowest BCUT2D eigenvalue weighted by molar-refractivity contribution is 0.0906. The Labute approximate surface area is 161 Å². The number of aryl methyl sites for hydroxylation is 1. The molecule has 3 aromatic rings. The maximum Gasteiger partial charge on any atom is 0.316 e. The molecule has 2 aromatic heterocycles. The summed E-state index contributed by atoms with van der Waals surface area (Å²) in [5, 5.41) is 7.15. The van der Waals surface area contributed by atoms with Gasteiger partial charge in [-0.1, -0.05) is 17.3 Å². The van der Waals surface area contributed by atoms with Crippen LogP contribution in [0.25, 0.3) is 10.9 Å². The summed E-state index contributed by atoms with van der Waals surface area (Å²) in [5.41, 5.74) is 0.469. The molecule has 3 heterocycles. The number of fused-ring (bicyclic) bond motifs is 1. The third kappa shape index (κ3) is 3.79. The van der Waals surface area contributed by atoms with Crippen LogP contribution in [0.15, 0.2) is 33.6 Å². The zero-order valence-electron chi connectivity index (χ0n) is 15.7. The Kier molecular flexibility index (Phi) is 5.16. The molecule has 1 fully saturated rings. The van der Waals surface area contributed by atoms with Gasteiger partial charge in [-0.05, 0) is 45.0 Å². The van der Waals surface area contributed by atoms with Gasteiger partial charge >= 0.3 is 11.8 Å². The molecule has 1 aromatic carbocycles. The number of hydrogen-bond donors (Lipinski definition) is 1. The Hall–Kier alpha value is -3.07. The predicted molar refractivity (Wildman–Crippen MR) is 102 cm³/mol. The minimum absolute atomic E-state index is 0.0903. The van der Waals surface area contributed by atoms with Gasteiger partial charge in [0.1, 0.15) is 5.82 Å². The average molecular weight is 382 g/mol. The molecule has 0 saturated carbocycles. The summed E-state index contributed by atoms with van der Waals surface area (Å²) < 4.78 is 6.54. The number of aromatic nitrogens is 4. The van der Waals surface area contributed by atoms with Crippen LogP contribution >= 0.6 is 0 Å². The molecule has 1 aliphatic rings. The third-order valence-corrected chi connectivity index (χ3v) is 4.93. The predicted octanol–water partition coefficient (Wildman–Crippen LogP) is 0.962. The molecule has 0 bridgehead atoms. The second-order valence-corrected chi connectivity index (χ2v) is 6.89. The van der Waals surface area contributed by atoms with Crippen LogP contribution in [0.3, 0.4) is 0 Å². The van der Waals surface area contributed by atoms with E-state index in [0.29, 0.717) is 23.3 Å². The lowest BCUT2D eigenvalue weighted by Gasteiger charge is -2.13. The highest BCUT2D eigenvalue weighted by atomic mass is 16.5. The van der Waals surface area contributed by atoms with Gasteiger partial charge in [0.2, 0.25) is 0 Å². The van der Waals surface area contributed by atoms with Crippen molar-refractivity contribution in [2.75, 3.05) is 26.2 Å². The van der Waals surface area contributed by atoms with Crippen molar-refractivity contribution in [2.45, 2.75) is 26.3 Å². The van der Waals surface area contributed by atoms with Crippen molar-refractivity contribution < 1.29 is 9.32 Å². The van der Waals surface area contributed by atoms with Crippen molar-refractivity contribution in [1.29, 1.82) is 0 Å². The first-order valence-electron chi connectivity index (χ1n) is 9.41. The highest BCUT2D eigenvalue weighted by Gasteiger charge is 2.18. The number of amides is 1. The van der Waals surface area contributed by atoms with Gasteiger partial charge in [0.25, 0.3) is 5.56 Å². The Morgan fingerprint density at radius 1 is 1.21 bits per heavy atom. The van der Waals surface area contributed by atoms with E-state index in [1.54, 1.807) is 25.1 Å². The summed E-state index contributed by atoms with van der Waals surface area (Å²) in [7, 11) is 0. The molecule has 9 heteroatoms. The van der Waals surface area contributed by atoms with Gasteiger partial charge in [0.15, 0.2) is 5.82 Å². The van der Waals surface area contributed by atoms with E-state index in [1.807, 2.05) is 6.07 Å². The minimum Gasteiger partial charge on any atom is -0.347 e. The lowest BCUT2D eigenvalue weighted by Crippen LogP contribution is -2.33. The lowest BCUT2D eigenvalue weighted by atomic mass is 10.2. The van der Waals surface area contributed by atoms with Gasteiger partial charge in [-0.3, -0.25) is 14.2 Å². The van der Waals surface area contributed by atoms with Crippen molar-refractivity contribution in [3.05, 3.63) is 52.2 Å². The van der Waals surface area contributed by atoms with Crippen LogP contribution < -0.4 is 10.9 Å². The van der Waals surface area contributed by atoms with Gasteiger partial charge in [-0.2, -0.15) is 4.98 Å². The number of nitrogens with one attached hydrogen (secondary N) is 1. The zero-order chi connectivity index (χ0) is 19.5. The standard InChI is InChI=1S/C19H22N6O3/c1-13-21-15-7-3-2-6-14(15)19(27)25(13)12-16-22-18(28-23-16)17(26)20-8-11-24-9-4-5-10-24/h2-3,6-7H,4-5,8-12H2,1H3,(H,20,26). The number of likely N-dealkylation sites (tertiary alicyclic amines) is 1. The fraction of sp³-hybridized carbons (Fsp3) is 0.421. The van der Waals surface area contributed by atoms with Crippen molar-refractivity contribution in [3.8, 4) is 0 Å². The van der Waals surface area contributed by atoms with E-state index in [1.165, 1.54) is 17.4 Å². The van der Waals surface area contributed by atoms with E-state index >= 15 is 0 Å². The molecule has 28 heavy (non-hydrogen) atoms. The van der Waals surface area contributed by atoms with Crippen molar-refractivity contribution >= 4 is 16.8 Å². The first-order valence-corrected chi connectivity index (χ1v) is 9.41. The van der Waals surface area contributed by atoms with Crippen LogP contribution in [0.2, 0.25) is 0 Å². The molecule has 146 valence electrons. The molecule has 0 radical (unpaired) electrons.